The van der Waals surface area contributed by atoms with Gasteiger partial charge in [0.25, 0.3) is 11.8 Å². The molecule has 162 valence electrons. The van der Waals surface area contributed by atoms with Crippen molar-refractivity contribution in [2.45, 2.75) is 20.3 Å². The molecule has 4 amide bonds. The van der Waals surface area contributed by atoms with Crippen LogP contribution in [0.1, 0.15) is 25.1 Å². The SMILES string of the molecule is CCOc1ccc(-n2cccc2/C=C2/C(=O)NC(=O)N(c3ccc(CC)cc3)C2=O)cc1. The van der Waals surface area contributed by atoms with E-state index in [0.717, 1.165) is 28.3 Å². The van der Waals surface area contributed by atoms with E-state index in [1.54, 1.807) is 18.2 Å². The predicted molar refractivity (Wildman–Crippen MR) is 122 cm³/mol. The molecule has 0 bridgehead atoms. The number of aromatic nitrogens is 1. The van der Waals surface area contributed by atoms with E-state index in [2.05, 4.69) is 5.32 Å². The molecule has 7 nitrogen and oxygen atoms in total. The molecule has 0 atom stereocenters. The van der Waals surface area contributed by atoms with Crippen LogP contribution in [-0.2, 0) is 16.0 Å². The number of benzene rings is 2. The first-order chi connectivity index (χ1) is 15.5. The maximum Gasteiger partial charge on any atom is 0.335 e. The van der Waals surface area contributed by atoms with Crippen molar-refractivity contribution in [3.8, 4) is 11.4 Å². The Morgan fingerprint density at radius 3 is 2.25 bits per heavy atom. The maximum absolute atomic E-state index is 13.1. The number of anilines is 1. The van der Waals surface area contributed by atoms with Crippen LogP contribution in [0.25, 0.3) is 11.8 Å². The molecular weight excluding hydrogens is 406 g/mol. The van der Waals surface area contributed by atoms with Gasteiger partial charge in [-0.25, -0.2) is 9.69 Å². The van der Waals surface area contributed by atoms with E-state index in [9.17, 15) is 14.4 Å². The number of imide groups is 2. The molecule has 2 heterocycles. The second kappa shape index (κ2) is 8.93. The summed E-state index contributed by atoms with van der Waals surface area (Å²) in [5.41, 5.74) is 2.85. The summed E-state index contributed by atoms with van der Waals surface area (Å²) in [7, 11) is 0. The van der Waals surface area contributed by atoms with Gasteiger partial charge in [0.05, 0.1) is 12.3 Å². The van der Waals surface area contributed by atoms with Gasteiger partial charge >= 0.3 is 6.03 Å². The second-order valence-electron chi connectivity index (χ2n) is 7.21. The van der Waals surface area contributed by atoms with Gasteiger partial charge in [0, 0.05) is 17.6 Å². The Morgan fingerprint density at radius 1 is 0.906 bits per heavy atom. The van der Waals surface area contributed by atoms with Crippen molar-refractivity contribution in [3.63, 3.8) is 0 Å². The number of barbiturate groups is 1. The number of carbonyl (C=O) groups is 3. The van der Waals surface area contributed by atoms with Gasteiger partial charge in [-0.1, -0.05) is 19.1 Å². The van der Waals surface area contributed by atoms with Crippen LogP contribution < -0.4 is 15.0 Å². The third kappa shape index (κ3) is 4.05. The fourth-order valence-electron chi connectivity index (χ4n) is 3.54. The number of nitrogens with one attached hydrogen (secondary N) is 1. The number of aryl methyl sites for hydroxylation is 1. The van der Waals surface area contributed by atoms with E-state index in [0.29, 0.717) is 18.0 Å². The molecule has 7 heteroatoms. The van der Waals surface area contributed by atoms with Crippen molar-refractivity contribution in [2.24, 2.45) is 0 Å². The van der Waals surface area contributed by atoms with Gasteiger partial charge in [0.15, 0.2) is 0 Å². The summed E-state index contributed by atoms with van der Waals surface area (Å²) in [6.07, 6.45) is 4.17. The first-order valence-corrected chi connectivity index (χ1v) is 10.4. The highest BCUT2D eigenvalue weighted by Crippen LogP contribution is 2.24. The molecule has 3 aromatic rings. The molecule has 1 fully saturated rings. The Balaban J connectivity index is 1.67. The molecule has 0 radical (unpaired) electrons. The van der Waals surface area contributed by atoms with Crippen molar-refractivity contribution in [1.29, 1.82) is 0 Å². The summed E-state index contributed by atoms with van der Waals surface area (Å²) >= 11 is 0. The molecule has 1 saturated heterocycles. The van der Waals surface area contributed by atoms with Crippen LogP contribution in [0.5, 0.6) is 5.75 Å². The minimum atomic E-state index is -0.761. The van der Waals surface area contributed by atoms with Gasteiger partial charge < -0.3 is 9.30 Å². The molecule has 0 saturated carbocycles. The van der Waals surface area contributed by atoms with Crippen LogP contribution >= 0.6 is 0 Å². The Kier molecular flexibility index (Phi) is 5.89. The van der Waals surface area contributed by atoms with Gasteiger partial charge in [-0.05, 0) is 73.5 Å². The smallest absolute Gasteiger partial charge is 0.335 e. The van der Waals surface area contributed by atoms with E-state index < -0.39 is 17.8 Å². The van der Waals surface area contributed by atoms with Crippen molar-refractivity contribution in [1.82, 2.24) is 9.88 Å². The zero-order valence-electron chi connectivity index (χ0n) is 17.9. The number of hydrogen-bond donors (Lipinski definition) is 1. The molecular formula is C25H23N3O4. The Labute approximate surface area is 185 Å². The molecule has 1 aromatic heterocycles. The van der Waals surface area contributed by atoms with Crippen molar-refractivity contribution < 1.29 is 19.1 Å². The second-order valence-corrected chi connectivity index (χ2v) is 7.21. The number of urea groups is 1. The number of amides is 4. The van der Waals surface area contributed by atoms with Gasteiger partial charge in [-0.15, -0.1) is 0 Å². The molecule has 0 spiro atoms. The zero-order valence-corrected chi connectivity index (χ0v) is 17.9. The molecule has 32 heavy (non-hydrogen) atoms. The van der Waals surface area contributed by atoms with Gasteiger partial charge in [-0.3, -0.25) is 14.9 Å². The summed E-state index contributed by atoms with van der Waals surface area (Å²) in [6, 6.07) is 17.5. The van der Waals surface area contributed by atoms with Crippen LogP contribution in [0.15, 0.2) is 72.4 Å². The summed E-state index contributed by atoms with van der Waals surface area (Å²) in [4.78, 5) is 39.1. The van der Waals surface area contributed by atoms with Crippen LogP contribution in [0.4, 0.5) is 10.5 Å². The quantitative estimate of drug-likeness (QED) is 0.472. The van der Waals surface area contributed by atoms with Crippen LogP contribution in [0, 0.1) is 0 Å². The lowest BCUT2D eigenvalue weighted by molar-refractivity contribution is -0.122. The lowest BCUT2D eigenvalue weighted by Crippen LogP contribution is -2.54. The first kappa shape index (κ1) is 21.1. The fourth-order valence-corrected chi connectivity index (χ4v) is 3.54. The number of carbonyl (C=O) groups excluding carboxylic acids is 3. The number of nitrogens with zero attached hydrogens (tertiary/aromatic N) is 2. The monoisotopic (exact) mass is 429 g/mol. The Bertz CT molecular complexity index is 1190. The van der Waals surface area contributed by atoms with Crippen molar-refractivity contribution in [3.05, 3.63) is 83.7 Å². The van der Waals surface area contributed by atoms with Gasteiger partial charge in [-0.2, -0.15) is 0 Å². The van der Waals surface area contributed by atoms with Crippen molar-refractivity contribution in [2.75, 3.05) is 11.5 Å². The largest absolute Gasteiger partial charge is 0.494 e. The highest BCUT2D eigenvalue weighted by molar-refractivity contribution is 6.39. The highest BCUT2D eigenvalue weighted by Gasteiger charge is 2.37. The molecule has 0 unspecified atom stereocenters. The number of hydrogen-bond acceptors (Lipinski definition) is 4. The molecule has 1 aliphatic rings. The van der Waals surface area contributed by atoms with Gasteiger partial charge in [0.1, 0.15) is 11.3 Å². The van der Waals surface area contributed by atoms with E-state index in [1.165, 1.54) is 6.08 Å². The molecule has 4 rings (SSSR count). The minimum Gasteiger partial charge on any atom is -0.494 e. The Morgan fingerprint density at radius 2 is 1.59 bits per heavy atom. The number of ether oxygens (including phenoxy) is 1. The Hall–Kier alpha value is -4.13. The standard InChI is InChI=1S/C25H23N3O4/c1-3-17-7-9-19(10-8-17)28-24(30)22(23(29)26-25(28)31)16-20-6-5-15-27(20)18-11-13-21(14-12-18)32-4-2/h5-16H,3-4H2,1-2H3,(H,26,29,31)/b22-16-. The van der Waals surface area contributed by atoms with Gasteiger partial charge in [0.2, 0.25) is 0 Å². The third-order valence-corrected chi connectivity index (χ3v) is 5.20. The minimum absolute atomic E-state index is 0.116. The molecule has 1 N–H and O–H groups in total. The molecule has 1 aliphatic heterocycles. The van der Waals surface area contributed by atoms with E-state index >= 15 is 0 Å². The highest BCUT2D eigenvalue weighted by atomic mass is 16.5. The van der Waals surface area contributed by atoms with Crippen LogP contribution in [-0.4, -0.2) is 29.0 Å². The number of rotatable bonds is 6. The summed E-state index contributed by atoms with van der Waals surface area (Å²) in [6.45, 7) is 4.52. The topological polar surface area (TPSA) is 80.6 Å². The lowest BCUT2D eigenvalue weighted by Gasteiger charge is -2.26. The van der Waals surface area contributed by atoms with Crippen molar-refractivity contribution >= 4 is 29.6 Å². The van der Waals surface area contributed by atoms with E-state index in [1.807, 2.05) is 67.1 Å². The molecule has 2 aromatic carbocycles. The molecule has 0 aliphatic carbocycles. The summed E-state index contributed by atoms with van der Waals surface area (Å²) < 4.78 is 7.33. The normalized spacial score (nSPS) is 15.2. The lowest BCUT2D eigenvalue weighted by atomic mass is 10.1. The zero-order chi connectivity index (χ0) is 22.7. The van der Waals surface area contributed by atoms with E-state index in [4.69, 9.17) is 4.74 Å². The first-order valence-electron chi connectivity index (χ1n) is 10.4. The third-order valence-electron chi connectivity index (χ3n) is 5.20. The predicted octanol–water partition coefficient (Wildman–Crippen LogP) is 4.10. The summed E-state index contributed by atoms with van der Waals surface area (Å²) in [5, 5.41) is 2.26. The van der Waals surface area contributed by atoms with Crippen LogP contribution in [0.3, 0.4) is 0 Å². The van der Waals surface area contributed by atoms with E-state index in [-0.39, 0.29) is 5.57 Å². The average molecular weight is 429 g/mol. The summed E-state index contributed by atoms with van der Waals surface area (Å²) in [5.74, 6) is -0.628. The van der Waals surface area contributed by atoms with Crippen LogP contribution in [0.2, 0.25) is 0 Å². The maximum atomic E-state index is 13.1. The fraction of sp³-hybridized carbons (Fsp3) is 0.160. The average Bonchev–Trinajstić information content (AvgIpc) is 3.26.